The van der Waals surface area contributed by atoms with Crippen molar-refractivity contribution in [3.63, 3.8) is 0 Å². The fraction of sp³-hybridized carbons (Fsp3) is 0.459. The van der Waals surface area contributed by atoms with Gasteiger partial charge in [-0.3, -0.25) is 29.0 Å². The van der Waals surface area contributed by atoms with E-state index in [0.29, 0.717) is 28.5 Å². The number of benzene rings is 2. The van der Waals surface area contributed by atoms with Crippen LogP contribution in [-0.2, 0) is 19.2 Å². The Labute approximate surface area is 285 Å². The molecular weight excluding hydrogens is 632 g/mol. The number of carbonyl (C=O) groups is 5. The minimum absolute atomic E-state index is 0.126. The Morgan fingerprint density at radius 2 is 1.59 bits per heavy atom. The van der Waals surface area contributed by atoms with Gasteiger partial charge in [0.1, 0.15) is 18.1 Å². The third-order valence-corrected chi connectivity index (χ3v) is 9.28. The number of rotatable bonds is 12. The van der Waals surface area contributed by atoms with E-state index >= 15 is 0 Å². The first-order valence-corrected chi connectivity index (χ1v) is 16.6. The van der Waals surface area contributed by atoms with Crippen LogP contribution in [0.15, 0.2) is 66.9 Å². The average molecular weight is 678 g/mol. The maximum Gasteiger partial charge on any atom is 0.290 e. The van der Waals surface area contributed by atoms with Crippen molar-refractivity contribution in [2.75, 3.05) is 6.54 Å². The fourth-order valence-electron chi connectivity index (χ4n) is 6.42. The SMILES string of the molecule is CC[C@H]1CN(C(=O)[C@@H](NC(=O)c2ccnc3ccccc23)C(C)(C)C)[C@H](C(=O)NC(CC(F)F)C(=O)C(=O)N[C@@H](C)c2ccccc2)[C@H]1C. The first kappa shape index (κ1) is 37.1. The number of nitrogens with zero attached hydrogens (tertiary/aromatic N) is 2. The van der Waals surface area contributed by atoms with Gasteiger partial charge in [-0.25, -0.2) is 8.78 Å². The number of para-hydroxylation sites is 1. The summed E-state index contributed by atoms with van der Waals surface area (Å²) >= 11 is 0. The molecule has 2 aromatic carbocycles. The molecule has 262 valence electrons. The van der Waals surface area contributed by atoms with Gasteiger partial charge in [0.05, 0.1) is 17.1 Å². The van der Waals surface area contributed by atoms with Crippen LogP contribution in [0.3, 0.4) is 0 Å². The van der Waals surface area contributed by atoms with Gasteiger partial charge in [0.2, 0.25) is 24.0 Å². The first-order valence-electron chi connectivity index (χ1n) is 16.6. The largest absolute Gasteiger partial charge is 0.344 e. The van der Waals surface area contributed by atoms with E-state index in [4.69, 9.17) is 0 Å². The topological polar surface area (TPSA) is 138 Å². The van der Waals surface area contributed by atoms with Gasteiger partial charge in [0, 0.05) is 24.5 Å². The molecule has 0 spiro atoms. The van der Waals surface area contributed by atoms with Gasteiger partial charge in [0.25, 0.3) is 11.8 Å². The summed E-state index contributed by atoms with van der Waals surface area (Å²) in [6.07, 6.45) is -1.95. The summed E-state index contributed by atoms with van der Waals surface area (Å²) in [5, 5.41) is 8.41. The molecular formula is C37H45F2N5O5. The number of carbonyl (C=O) groups excluding carboxylic acids is 5. The van der Waals surface area contributed by atoms with Crippen molar-refractivity contribution in [1.82, 2.24) is 25.8 Å². The molecule has 1 aliphatic rings. The van der Waals surface area contributed by atoms with Gasteiger partial charge >= 0.3 is 0 Å². The number of nitrogens with one attached hydrogen (secondary N) is 3. The molecule has 10 nitrogen and oxygen atoms in total. The van der Waals surface area contributed by atoms with E-state index in [1.807, 2.05) is 6.92 Å². The molecule has 1 aliphatic heterocycles. The summed E-state index contributed by atoms with van der Waals surface area (Å²) in [5.74, 6) is -4.70. The molecule has 4 rings (SSSR count). The number of aromatic nitrogens is 1. The number of halogens is 2. The van der Waals surface area contributed by atoms with Gasteiger partial charge in [-0.05, 0) is 41.9 Å². The van der Waals surface area contributed by atoms with Crippen molar-refractivity contribution < 1.29 is 32.8 Å². The monoisotopic (exact) mass is 677 g/mol. The Bertz CT molecular complexity index is 1670. The number of pyridine rings is 1. The molecule has 1 saturated heterocycles. The summed E-state index contributed by atoms with van der Waals surface area (Å²) < 4.78 is 27.4. The molecule has 3 aromatic rings. The fourth-order valence-corrected chi connectivity index (χ4v) is 6.42. The first-order chi connectivity index (χ1) is 23.1. The molecule has 1 fully saturated rings. The van der Waals surface area contributed by atoms with Crippen LogP contribution in [0, 0.1) is 17.3 Å². The number of hydrogen-bond donors (Lipinski definition) is 3. The average Bonchev–Trinajstić information content (AvgIpc) is 3.41. The molecule has 2 heterocycles. The molecule has 0 radical (unpaired) electrons. The maximum atomic E-state index is 14.4. The molecule has 1 aromatic heterocycles. The predicted molar refractivity (Wildman–Crippen MR) is 181 cm³/mol. The Hall–Kier alpha value is -4.74. The third kappa shape index (κ3) is 8.65. The maximum absolute atomic E-state index is 14.4. The lowest BCUT2D eigenvalue weighted by Crippen LogP contribution is -2.60. The van der Waals surface area contributed by atoms with E-state index in [-0.39, 0.29) is 12.5 Å². The van der Waals surface area contributed by atoms with E-state index < -0.39 is 77.8 Å². The Balaban J connectivity index is 1.58. The van der Waals surface area contributed by atoms with Crippen LogP contribution in [0.2, 0.25) is 0 Å². The Morgan fingerprint density at radius 3 is 2.22 bits per heavy atom. The standard InChI is InChI=1S/C37H45F2N5O5/c1-7-23-20-44(36(49)32(37(4,5)6)43-33(46)26-17-18-40-27-16-12-11-15-25(26)27)30(21(23)2)34(47)42-28(19-29(38)39)31(45)35(48)41-22(3)24-13-9-8-10-14-24/h8-18,21-23,28-30,32H,7,19-20H2,1-6H3,(H,41,48)(H,42,47)(H,43,46)/t21-,22-,23-,28?,30-,32+/m0/s1. The summed E-state index contributed by atoms with van der Waals surface area (Å²) in [5.41, 5.74) is 0.846. The van der Waals surface area contributed by atoms with Crippen LogP contribution >= 0.6 is 0 Å². The number of hydrogen-bond acceptors (Lipinski definition) is 6. The van der Waals surface area contributed by atoms with Crippen LogP contribution < -0.4 is 16.0 Å². The van der Waals surface area contributed by atoms with Crippen LogP contribution in [0.5, 0.6) is 0 Å². The van der Waals surface area contributed by atoms with Gasteiger partial charge in [-0.2, -0.15) is 0 Å². The van der Waals surface area contributed by atoms with Crippen LogP contribution in [0.4, 0.5) is 8.78 Å². The highest BCUT2D eigenvalue weighted by Gasteiger charge is 2.49. The highest BCUT2D eigenvalue weighted by atomic mass is 19.3. The summed E-state index contributed by atoms with van der Waals surface area (Å²) in [6, 6.07) is 12.9. The smallest absolute Gasteiger partial charge is 0.290 e. The second-order valence-electron chi connectivity index (χ2n) is 13.8. The zero-order valence-corrected chi connectivity index (χ0v) is 28.7. The van der Waals surface area contributed by atoms with Gasteiger partial charge in [0.15, 0.2) is 0 Å². The van der Waals surface area contributed by atoms with Crippen molar-refractivity contribution in [1.29, 1.82) is 0 Å². The van der Waals surface area contributed by atoms with Crippen molar-refractivity contribution in [3.8, 4) is 0 Å². The van der Waals surface area contributed by atoms with Gasteiger partial charge < -0.3 is 20.9 Å². The summed E-state index contributed by atoms with van der Waals surface area (Å²) in [6.45, 7) is 10.9. The van der Waals surface area contributed by atoms with E-state index in [2.05, 4.69) is 20.9 Å². The lowest BCUT2D eigenvalue weighted by molar-refractivity contribution is -0.145. The molecule has 0 bridgehead atoms. The van der Waals surface area contributed by atoms with E-state index in [0.717, 1.165) is 0 Å². The highest BCUT2D eigenvalue weighted by Crippen LogP contribution is 2.35. The zero-order valence-electron chi connectivity index (χ0n) is 28.7. The van der Waals surface area contributed by atoms with Gasteiger partial charge in [-0.15, -0.1) is 0 Å². The predicted octanol–water partition coefficient (Wildman–Crippen LogP) is 4.84. The summed E-state index contributed by atoms with van der Waals surface area (Å²) in [7, 11) is 0. The second kappa shape index (κ2) is 15.7. The van der Waals surface area contributed by atoms with Crippen molar-refractivity contribution in [3.05, 3.63) is 78.0 Å². The number of fused-ring (bicyclic) bond motifs is 1. The van der Waals surface area contributed by atoms with E-state index in [1.54, 1.807) is 95.3 Å². The minimum atomic E-state index is -3.00. The number of ketones is 1. The van der Waals surface area contributed by atoms with Crippen molar-refractivity contribution >= 4 is 40.3 Å². The second-order valence-corrected chi connectivity index (χ2v) is 13.8. The normalized spacial score (nSPS) is 19.6. The van der Waals surface area contributed by atoms with Crippen LogP contribution in [0.1, 0.15) is 76.3 Å². The molecule has 12 heteroatoms. The molecule has 1 unspecified atom stereocenters. The number of alkyl halides is 2. The highest BCUT2D eigenvalue weighted by molar-refractivity contribution is 6.38. The molecule has 0 saturated carbocycles. The van der Waals surface area contributed by atoms with Crippen molar-refractivity contribution in [2.24, 2.45) is 17.3 Å². The molecule has 49 heavy (non-hydrogen) atoms. The Kier molecular flexibility index (Phi) is 11.8. The van der Waals surface area contributed by atoms with Crippen molar-refractivity contribution in [2.45, 2.75) is 85.0 Å². The minimum Gasteiger partial charge on any atom is -0.344 e. The van der Waals surface area contributed by atoms with Gasteiger partial charge in [-0.1, -0.05) is 89.6 Å². The molecule has 4 amide bonds. The molecule has 0 aliphatic carbocycles. The lowest BCUT2D eigenvalue weighted by Gasteiger charge is -2.36. The summed E-state index contributed by atoms with van der Waals surface area (Å²) in [4.78, 5) is 73.8. The molecule has 3 N–H and O–H groups in total. The van der Waals surface area contributed by atoms with Crippen LogP contribution in [-0.4, -0.2) is 70.4 Å². The quantitative estimate of drug-likeness (QED) is 0.235. The zero-order chi connectivity index (χ0) is 36.0. The number of amides is 4. The lowest BCUT2D eigenvalue weighted by atomic mass is 9.85. The number of Topliss-reactive ketones (excluding diaryl/α,β-unsaturated/α-hetero) is 1. The number of likely N-dealkylation sites (tertiary alicyclic amines) is 1. The third-order valence-electron chi connectivity index (χ3n) is 9.28. The molecule has 6 atom stereocenters. The Morgan fingerprint density at radius 1 is 0.939 bits per heavy atom. The van der Waals surface area contributed by atoms with E-state index in [9.17, 15) is 32.8 Å². The van der Waals surface area contributed by atoms with Crippen LogP contribution in [0.25, 0.3) is 10.9 Å². The van der Waals surface area contributed by atoms with E-state index in [1.165, 1.54) is 11.1 Å².